The first-order valence-electron chi connectivity index (χ1n) is 11.3. The van der Waals surface area contributed by atoms with E-state index in [4.69, 9.17) is 4.74 Å². The van der Waals surface area contributed by atoms with E-state index in [2.05, 4.69) is 22.3 Å². The number of ether oxygens (including phenoxy) is 1. The fourth-order valence-electron chi connectivity index (χ4n) is 4.10. The molecule has 9 nitrogen and oxygen atoms in total. The minimum atomic E-state index is -0.914. The lowest BCUT2D eigenvalue weighted by Gasteiger charge is -2.35. The second-order valence-electron chi connectivity index (χ2n) is 8.47. The summed E-state index contributed by atoms with van der Waals surface area (Å²) >= 11 is 0. The second kappa shape index (κ2) is 10.5. The third-order valence-corrected chi connectivity index (χ3v) is 6.00. The molecule has 0 saturated carbocycles. The van der Waals surface area contributed by atoms with Gasteiger partial charge in [0.25, 0.3) is 5.91 Å². The third kappa shape index (κ3) is 5.60. The van der Waals surface area contributed by atoms with Crippen LogP contribution < -0.4 is 5.32 Å². The molecule has 2 heterocycles. The Labute approximate surface area is 198 Å². The van der Waals surface area contributed by atoms with Gasteiger partial charge in [-0.1, -0.05) is 42.5 Å². The van der Waals surface area contributed by atoms with Gasteiger partial charge in [-0.15, -0.1) is 0 Å². The molecule has 0 unspecified atom stereocenters. The zero-order valence-corrected chi connectivity index (χ0v) is 19.1. The summed E-state index contributed by atoms with van der Waals surface area (Å²) in [5.41, 5.74) is 2.12. The van der Waals surface area contributed by atoms with Crippen molar-refractivity contribution >= 4 is 23.8 Å². The number of nitrogens with zero attached hydrogens (tertiary/aromatic N) is 3. The molecule has 2 aliphatic rings. The Hall–Kier alpha value is -3.72. The van der Waals surface area contributed by atoms with Gasteiger partial charge in [-0.3, -0.25) is 19.4 Å². The normalized spacial score (nSPS) is 17.4. The van der Waals surface area contributed by atoms with Crippen LogP contribution >= 0.6 is 0 Å². The molecular weight excluding hydrogens is 436 g/mol. The maximum atomic E-state index is 12.8. The zero-order valence-electron chi connectivity index (χ0n) is 19.1. The van der Waals surface area contributed by atoms with Crippen molar-refractivity contribution in [3.05, 3.63) is 71.3 Å². The number of hydrogen-bond acceptors (Lipinski definition) is 6. The molecule has 0 bridgehead atoms. The van der Waals surface area contributed by atoms with E-state index < -0.39 is 18.1 Å². The first-order chi connectivity index (χ1) is 16.4. The predicted octanol–water partition coefficient (Wildman–Crippen LogP) is 1.63. The Morgan fingerprint density at radius 2 is 1.65 bits per heavy atom. The molecule has 2 aliphatic heterocycles. The van der Waals surface area contributed by atoms with Crippen LogP contribution in [0.15, 0.2) is 54.6 Å². The Morgan fingerprint density at radius 3 is 2.32 bits per heavy atom. The number of hydrogen-bond donors (Lipinski definition) is 1. The molecule has 9 heteroatoms. The lowest BCUT2D eigenvalue weighted by Crippen LogP contribution is -2.51. The van der Waals surface area contributed by atoms with Gasteiger partial charge in [0, 0.05) is 32.7 Å². The van der Waals surface area contributed by atoms with Gasteiger partial charge in [0.2, 0.25) is 5.91 Å². The topological polar surface area (TPSA) is 99.3 Å². The van der Waals surface area contributed by atoms with Crippen LogP contribution in [0.25, 0.3) is 0 Å². The summed E-state index contributed by atoms with van der Waals surface area (Å²) in [6.07, 6.45) is -0.914. The second-order valence-corrected chi connectivity index (χ2v) is 8.47. The molecule has 0 spiro atoms. The highest BCUT2D eigenvalue weighted by Gasteiger charge is 2.29. The van der Waals surface area contributed by atoms with Crippen LogP contribution in [0.4, 0.5) is 4.79 Å². The number of benzene rings is 2. The van der Waals surface area contributed by atoms with Crippen molar-refractivity contribution in [2.75, 3.05) is 32.7 Å². The van der Waals surface area contributed by atoms with Crippen LogP contribution in [0.2, 0.25) is 0 Å². The average molecular weight is 465 g/mol. The highest BCUT2D eigenvalue weighted by molar-refractivity contribution is 6.01. The smallest absolute Gasteiger partial charge is 0.338 e. The SMILES string of the molecule is C[C@H](OC(=O)c1cccc(CN2C(=O)CNC2=O)c1)C(=O)N1CCN(Cc2ccccc2)CC1. The van der Waals surface area contributed by atoms with Gasteiger partial charge in [0.1, 0.15) is 0 Å². The maximum Gasteiger partial charge on any atom is 0.338 e. The molecule has 2 saturated heterocycles. The molecular formula is C25H28N4O5. The Bertz CT molecular complexity index is 1050. The van der Waals surface area contributed by atoms with Crippen LogP contribution in [0.1, 0.15) is 28.4 Å². The minimum Gasteiger partial charge on any atom is -0.449 e. The number of piperazine rings is 1. The molecule has 2 fully saturated rings. The van der Waals surface area contributed by atoms with E-state index in [-0.39, 0.29) is 30.5 Å². The summed E-state index contributed by atoms with van der Waals surface area (Å²) in [7, 11) is 0. The van der Waals surface area contributed by atoms with Crippen molar-refractivity contribution < 1.29 is 23.9 Å². The Morgan fingerprint density at radius 1 is 0.941 bits per heavy atom. The fraction of sp³-hybridized carbons (Fsp3) is 0.360. The van der Waals surface area contributed by atoms with Crippen molar-refractivity contribution in [3.63, 3.8) is 0 Å². The summed E-state index contributed by atoms with van der Waals surface area (Å²) in [6, 6.07) is 16.3. The van der Waals surface area contributed by atoms with Crippen molar-refractivity contribution in [1.82, 2.24) is 20.0 Å². The third-order valence-electron chi connectivity index (χ3n) is 6.00. The molecule has 1 atom stereocenters. The largest absolute Gasteiger partial charge is 0.449 e. The van der Waals surface area contributed by atoms with Crippen LogP contribution in [-0.2, 0) is 27.4 Å². The van der Waals surface area contributed by atoms with E-state index >= 15 is 0 Å². The molecule has 4 rings (SSSR count). The molecule has 178 valence electrons. The molecule has 1 N–H and O–H groups in total. The monoisotopic (exact) mass is 464 g/mol. The first-order valence-corrected chi connectivity index (χ1v) is 11.3. The van der Waals surface area contributed by atoms with E-state index in [0.717, 1.165) is 24.5 Å². The number of rotatable bonds is 7. The van der Waals surface area contributed by atoms with Crippen molar-refractivity contribution in [2.45, 2.75) is 26.1 Å². The van der Waals surface area contributed by atoms with Crippen LogP contribution in [-0.4, -0.2) is 77.3 Å². The fourth-order valence-corrected chi connectivity index (χ4v) is 4.10. The Balaban J connectivity index is 1.28. The summed E-state index contributed by atoms with van der Waals surface area (Å²) in [5, 5.41) is 2.46. The minimum absolute atomic E-state index is 0.0271. The van der Waals surface area contributed by atoms with Gasteiger partial charge in [-0.2, -0.15) is 0 Å². The highest BCUT2D eigenvalue weighted by atomic mass is 16.5. The number of carbonyl (C=O) groups excluding carboxylic acids is 4. The Kier molecular flexibility index (Phi) is 7.22. The van der Waals surface area contributed by atoms with Gasteiger partial charge in [-0.05, 0) is 30.2 Å². The predicted molar refractivity (Wildman–Crippen MR) is 124 cm³/mol. The molecule has 2 aromatic rings. The van der Waals surface area contributed by atoms with Gasteiger partial charge in [-0.25, -0.2) is 9.59 Å². The lowest BCUT2D eigenvalue weighted by molar-refractivity contribution is -0.141. The molecule has 2 aromatic carbocycles. The van der Waals surface area contributed by atoms with Gasteiger partial charge >= 0.3 is 12.0 Å². The molecule has 0 aromatic heterocycles. The van der Waals surface area contributed by atoms with Crippen LogP contribution in [0, 0.1) is 0 Å². The van der Waals surface area contributed by atoms with E-state index in [1.165, 1.54) is 5.56 Å². The van der Waals surface area contributed by atoms with Crippen molar-refractivity contribution in [1.29, 1.82) is 0 Å². The summed E-state index contributed by atoms with van der Waals surface area (Å²) in [6.45, 7) is 5.12. The number of amides is 4. The zero-order chi connectivity index (χ0) is 24.1. The van der Waals surface area contributed by atoms with Gasteiger partial charge in [0.15, 0.2) is 6.10 Å². The van der Waals surface area contributed by atoms with E-state index in [1.807, 2.05) is 18.2 Å². The number of urea groups is 1. The molecule has 34 heavy (non-hydrogen) atoms. The average Bonchev–Trinajstić information content (AvgIpc) is 3.17. The summed E-state index contributed by atoms with van der Waals surface area (Å²) in [5.74, 6) is -1.16. The molecule has 0 radical (unpaired) electrons. The van der Waals surface area contributed by atoms with Crippen LogP contribution in [0.3, 0.4) is 0 Å². The maximum absolute atomic E-state index is 12.8. The quantitative estimate of drug-likeness (QED) is 0.494. The molecule has 4 amide bonds. The summed E-state index contributed by atoms with van der Waals surface area (Å²) < 4.78 is 5.44. The standard InChI is InChI=1S/C25H28N4O5/c1-18(23(31)28-12-10-27(11-13-28)16-19-6-3-2-4-7-19)34-24(32)21-9-5-8-20(14-21)17-29-22(30)15-26-25(29)33/h2-9,14,18H,10-13,15-17H2,1H3,(H,26,33)/t18-/m0/s1. The van der Waals surface area contributed by atoms with Gasteiger partial charge in [0.05, 0.1) is 18.7 Å². The van der Waals surface area contributed by atoms with Crippen molar-refractivity contribution in [2.24, 2.45) is 0 Å². The lowest BCUT2D eigenvalue weighted by atomic mass is 10.1. The van der Waals surface area contributed by atoms with Crippen molar-refractivity contribution in [3.8, 4) is 0 Å². The summed E-state index contributed by atoms with van der Waals surface area (Å²) in [4.78, 5) is 54.2. The van der Waals surface area contributed by atoms with E-state index in [1.54, 1.807) is 36.1 Å². The number of carbonyl (C=O) groups is 4. The highest BCUT2D eigenvalue weighted by Crippen LogP contribution is 2.14. The number of esters is 1. The van der Waals surface area contributed by atoms with Gasteiger partial charge < -0.3 is 15.0 Å². The number of imide groups is 1. The number of nitrogens with one attached hydrogen (secondary N) is 1. The molecule has 0 aliphatic carbocycles. The van der Waals surface area contributed by atoms with E-state index in [9.17, 15) is 19.2 Å². The first kappa shape index (κ1) is 23.4. The van der Waals surface area contributed by atoms with E-state index in [0.29, 0.717) is 18.7 Å². The van der Waals surface area contributed by atoms with Crippen LogP contribution in [0.5, 0.6) is 0 Å².